The highest BCUT2D eigenvalue weighted by Crippen LogP contribution is 2.42. The van der Waals surface area contributed by atoms with Gasteiger partial charge in [0.1, 0.15) is 5.75 Å². The lowest BCUT2D eigenvalue weighted by atomic mass is 9.65. The van der Waals surface area contributed by atoms with Crippen molar-refractivity contribution in [1.82, 2.24) is 0 Å². The van der Waals surface area contributed by atoms with Gasteiger partial charge in [0.2, 0.25) is 0 Å². The van der Waals surface area contributed by atoms with E-state index in [1.807, 2.05) is 12.1 Å². The van der Waals surface area contributed by atoms with Gasteiger partial charge in [-0.25, -0.2) is 0 Å². The van der Waals surface area contributed by atoms with Crippen LogP contribution in [0.5, 0.6) is 5.75 Å². The standard InChI is InChI=1S/C24H33BO3/c1-23(2)24(3,4)28-25(27-23)22(20-15-17-21(26-5)18-16-20)14-10-9-13-19-11-7-6-8-12-19/h6-8,11-12,15-18,22H,9-10,13-14H2,1-5H3. The highest BCUT2D eigenvalue weighted by Gasteiger charge is 2.53. The van der Waals surface area contributed by atoms with Crippen molar-refractivity contribution in [3.63, 3.8) is 0 Å². The summed E-state index contributed by atoms with van der Waals surface area (Å²) in [5.41, 5.74) is 2.02. The number of unbranched alkanes of at least 4 members (excludes halogenated alkanes) is 1. The first kappa shape index (κ1) is 20.9. The monoisotopic (exact) mass is 380 g/mol. The fourth-order valence-corrected chi connectivity index (χ4v) is 3.70. The summed E-state index contributed by atoms with van der Waals surface area (Å²) in [5.74, 6) is 1.09. The van der Waals surface area contributed by atoms with Crippen molar-refractivity contribution in [3.8, 4) is 5.75 Å². The van der Waals surface area contributed by atoms with Crippen LogP contribution in [0.2, 0.25) is 0 Å². The van der Waals surface area contributed by atoms with E-state index in [0.717, 1.165) is 31.4 Å². The average Bonchev–Trinajstić information content (AvgIpc) is 2.90. The zero-order valence-corrected chi connectivity index (χ0v) is 17.9. The van der Waals surface area contributed by atoms with Crippen LogP contribution in [0.1, 0.15) is 63.9 Å². The quantitative estimate of drug-likeness (QED) is 0.426. The Morgan fingerprint density at radius 3 is 2.04 bits per heavy atom. The zero-order valence-electron chi connectivity index (χ0n) is 17.9. The summed E-state index contributed by atoms with van der Waals surface area (Å²) in [6.45, 7) is 8.47. The van der Waals surface area contributed by atoms with E-state index in [-0.39, 0.29) is 24.1 Å². The predicted octanol–water partition coefficient (Wildman–Crippen LogP) is 5.82. The Morgan fingerprint density at radius 2 is 1.46 bits per heavy atom. The van der Waals surface area contributed by atoms with Crippen molar-refractivity contribution >= 4 is 7.12 Å². The third-order valence-electron chi connectivity index (χ3n) is 6.22. The summed E-state index contributed by atoms with van der Waals surface area (Å²) < 4.78 is 18.1. The van der Waals surface area contributed by atoms with Gasteiger partial charge in [0.05, 0.1) is 18.3 Å². The number of methoxy groups -OCH3 is 1. The molecule has 0 N–H and O–H groups in total. The van der Waals surface area contributed by atoms with Crippen molar-refractivity contribution in [3.05, 3.63) is 65.7 Å². The van der Waals surface area contributed by atoms with Crippen molar-refractivity contribution < 1.29 is 14.0 Å². The Kier molecular flexibility index (Phi) is 6.52. The van der Waals surface area contributed by atoms with Crippen LogP contribution in [0.4, 0.5) is 0 Å². The fraction of sp³-hybridized carbons (Fsp3) is 0.500. The lowest BCUT2D eigenvalue weighted by molar-refractivity contribution is 0.00578. The molecular weight excluding hydrogens is 347 g/mol. The molecule has 0 radical (unpaired) electrons. The maximum Gasteiger partial charge on any atom is 0.465 e. The van der Waals surface area contributed by atoms with Crippen LogP contribution in [-0.4, -0.2) is 25.4 Å². The maximum absolute atomic E-state index is 6.40. The van der Waals surface area contributed by atoms with Gasteiger partial charge in [0, 0.05) is 5.82 Å². The predicted molar refractivity (Wildman–Crippen MR) is 116 cm³/mol. The smallest absolute Gasteiger partial charge is 0.465 e. The summed E-state index contributed by atoms with van der Waals surface area (Å²) in [4.78, 5) is 0. The van der Waals surface area contributed by atoms with Gasteiger partial charge in [-0.05, 0) is 70.2 Å². The molecule has 0 spiro atoms. The number of ether oxygens (including phenoxy) is 1. The van der Waals surface area contributed by atoms with Crippen molar-refractivity contribution in [2.24, 2.45) is 0 Å². The van der Waals surface area contributed by atoms with Crippen LogP contribution in [-0.2, 0) is 15.7 Å². The molecule has 2 aromatic carbocycles. The fourth-order valence-electron chi connectivity index (χ4n) is 3.70. The summed E-state index contributed by atoms with van der Waals surface area (Å²) in [6.07, 6.45) is 4.45. The Bertz CT molecular complexity index is 724. The van der Waals surface area contributed by atoms with Gasteiger partial charge in [-0.1, -0.05) is 48.9 Å². The van der Waals surface area contributed by atoms with Gasteiger partial charge in [0.15, 0.2) is 0 Å². The number of rotatable bonds is 8. The van der Waals surface area contributed by atoms with Crippen LogP contribution in [0.3, 0.4) is 0 Å². The van der Waals surface area contributed by atoms with E-state index in [1.165, 1.54) is 11.1 Å². The first-order valence-corrected chi connectivity index (χ1v) is 10.4. The maximum atomic E-state index is 6.40. The molecule has 0 aromatic heterocycles. The molecule has 2 aromatic rings. The highest BCUT2D eigenvalue weighted by molar-refractivity contribution is 6.47. The summed E-state index contributed by atoms with van der Waals surface area (Å²) >= 11 is 0. The second-order valence-electron chi connectivity index (χ2n) is 8.74. The van der Waals surface area contributed by atoms with Gasteiger partial charge < -0.3 is 14.0 Å². The van der Waals surface area contributed by atoms with Crippen LogP contribution < -0.4 is 4.74 Å². The minimum Gasteiger partial charge on any atom is -0.497 e. The average molecular weight is 380 g/mol. The third-order valence-corrected chi connectivity index (χ3v) is 6.22. The van der Waals surface area contributed by atoms with Crippen LogP contribution >= 0.6 is 0 Å². The Hall–Kier alpha value is -1.78. The van der Waals surface area contributed by atoms with Crippen molar-refractivity contribution in [1.29, 1.82) is 0 Å². The normalized spacial score (nSPS) is 18.8. The van der Waals surface area contributed by atoms with Gasteiger partial charge in [-0.2, -0.15) is 0 Å². The SMILES string of the molecule is COc1ccc(C(CCCCc2ccccc2)B2OC(C)(C)C(C)(C)O2)cc1. The van der Waals surface area contributed by atoms with E-state index < -0.39 is 0 Å². The zero-order chi connectivity index (χ0) is 20.2. The number of hydrogen-bond donors (Lipinski definition) is 0. The molecule has 150 valence electrons. The summed E-state index contributed by atoms with van der Waals surface area (Å²) in [5, 5.41) is 0. The molecule has 1 aliphatic heterocycles. The largest absolute Gasteiger partial charge is 0.497 e. The molecule has 1 saturated heterocycles. The minimum absolute atomic E-state index is 0.211. The Morgan fingerprint density at radius 1 is 0.857 bits per heavy atom. The molecule has 0 amide bonds. The van der Waals surface area contributed by atoms with Gasteiger partial charge in [-0.15, -0.1) is 0 Å². The molecule has 0 saturated carbocycles. The minimum atomic E-state index is -0.313. The highest BCUT2D eigenvalue weighted by atomic mass is 16.7. The topological polar surface area (TPSA) is 27.7 Å². The molecule has 1 atom stereocenters. The Labute approximate surface area is 170 Å². The number of benzene rings is 2. The first-order valence-electron chi connectivity index (χ1n) is 10.4. The van der Waals surface area contributed by atoms with E-state index in [2.05, 4.69) is 70.2 Å². The second-order valence-corrected chi connectivity index (χ2v) is 8.74. The molecule has 28 heavy (non-hydrogen) atoms. The summed E-state index contributed by atoms with van der Waals surface area (Å²) in [6, 6.07) is 19.0. The number of hydrogen-bond acceptors (Lipinski definition) is 3. The van der Waals surface area contributed by atoms with Crippen LogP contribution in [0, 0.1) is 0 Å². The molecule has 0 aliphatic carbocycles. The first-order chi connectivity index (χ1) is 13.3. The van der Waals surface area contributed by atoms with Gasteiger partial charge in [-0.3, -0.25) is 0 Å². The summed E-state index contributed by atoms with van der Waals surface area (Å²) in [7, 11) is 1.47. The van der Waals surface area contributed by atoms with Crippen molar-refractivity contribution in [2.75, 3.05) is 7.11 Å². The molecule has 3 nitrogen and oxygen atoms in total. The second kappa shape index (κ2) is 8.71. The van der Waals surface area contributed by atoms with Crippen LogP contribution in [0.25, 0.3) is 0 Å². The molecule has 1 aliphatic rings. The Balaban J connectivity index is 1.69. The number of aryl methyl sites for hydroxylation is 1. The lowest BCUT2D eigenvalue weighted by Crippen LogP contribution is -2.41. The van der Waals surface area contributed by atoms with E-state index >= 15 is 0 Å². The molecule has 1 heterocycles. The van der Waals surface area contributed by atoms with E-state index in [9.17, 15) is 0 Å². The van der Waals surface area contributed by atoms with Gasteiger partial charge >= 0.3 is 7.12 Å². The van der Waals surface area contributed by atoms with E-state index in [0.29, 0.717) is 0 Å². The molecule has 3 rings (SSSR count). The molecule has 4 heteroatoms. The van der Waals surface area contributed by atoms with Gasteiger partial charge in [0.25, 0.3) is 0 Å². The molecular formula is C24H33BO3. The molecule has 1 unspecified atom stereocenters. The molecule has 0 bridgehead atoms. The molecule has 1 fully saturated rings. The third kappa shape index (κ3) is 4.79. The van der Waals surface area contributed by atoms with Crippen LogP contribution in [0.15, 0.2) is 54.6 Å². The van der Waals surface area contributed by atoms with E-state index in [4.69, 9.17) is 14.0 Å². The van der Waals surface area contributed by atoms with Crippen molar-refractivity contribution in [2.45, 2.75) is 70.4 Å². The van der Waals surface area contributed by atoms with E-state index in [1.54, 1.807) is 7.11 Å². The lowest BCUT2D eigenvalue weighted by Gasteiger charge is -2.32.